The Labute approximate surface area is 95.6 Å². The zero-order valence-electron chi connectivity index (χ0n) is 9.20. The van der Waals surface area contributed by atoms with Gasteiger partial charge in [-0.25, -0.2) is 9.38 Å². The van der Waals surface area contributed by atoms with Crippen LogP contribution in [0.2, 0.25) is 0 Å². The number of methoxy groups -OCH3 is 1. The first-order valence-corrected chi connectivity index (χ1v) is 4.81. The SMILES string of the molecule is COc1cc2c(cc1F)=C(NC(C)=O)C(=O)N=2. The molecule has 17 heavy (non-hydrogen) atoms. The van der Waals surface area contributed by atoms with Crippen molar-refractivity contribution in [3.63, 3.8) is 0 Å². The van der Waals surface area contributed by atoms with Gasteiger partial charge in [0.25, 0.3) is 5.91 Å². The van der Waals surface area contributed by atoms with Gasteiger partial charge in [-0.05, 0) is 6.07 Å². The average Bonchev–Trinajstić information content (AvgIpc) is 2.54. The summed E-state index contributed by atoms with van der Waals surface area (Å²) in [4.78, 5) is 26.1. The summed E-state index contributed by atoms with van der Waals surface area (Å²) in [5.41, 5.74) is -0.00551. The molecule has 5 nitrogen and oxygen atoms in total. The first kappa shape index (κ1) is 11.3. The van der Waals surface area contributed by atoms with Crippen LogP contribution < -0.4 is 20.6 Å². The number of halogens is 1. The van der Waals surface area contributed by atoms with Crippen molar-refractivity contribution in [2.45, 2.75) is 6.92 Å². The second-order valence-corrected chi connectivity index (χ2v) is 3.48. The van der Waals surface area contributed by atoms with Crippen LogP contribution in [-0.2, 0) is 9.59 Å². The third-order valence-corrected chi connectivity index (χ3v) is 2.28. The lowest BCUT2D eigenvalue weighted by atomic mass is 10.2. The molecule has 0 atom stereocenters. The zero-order valence-corrected chi connectivity index (χ0v) is 9.20. The Bertz CT molecular complexity index is 637. The summed E-state index contributed by atoms with van der Waals surface area (Å²) in [7, 11) is 1.32. The first-order chi connectivity index (χ1) is 8.02. The smallest absolute Gasteiger partial charge is 0.294 e. The molecule has 0 radical (unpaired) electrons. The van der Waals surface area contributed by atoms with E-state index in [4.69, 9.17) is 4.74 Å². The minimum atomic E-state index is -0.612. The summed E-state index contributed by atoms with van der Waals surface area (Å²) in [5, 5.41) is 2.90. The number of carbonyl (C=O) groups excluding carboxylic acids is 2. The molecular weight excluding hydrogens is 227 g/mol. The van der Waals surface area contributed by atoms with Crippen molar-refractivity contribution in [3.8, 4) is 5.75 Å². The summed E-state index contributed by atoms with van der Waals surface area (Å²) in [6.45, 7) is 1.26. The molecule has 1 aliphatic rings. The van der Waals surface area contributed by atoms with Gasteiger partial charge in [-0.1, -0.05) is 0 Å². The van der Waals surface area contributed by atoms with Crippen LogP contribution in [0.25, 0.3) is 5.70 Å². The van der Waals surface area contributed by atoms with Crippen LogP contribution in [-0.4, -0.2) is 18.9 Å². The van der Waals surface area contributed by atoms with Gasteiger partial charge in [0.15, 0.2) is 11.6 Å². The zero-order chi connectivity index (χ0) is 12.6. The number of benzene rings is 1. The van der Waals surface area contributed by atoms with Crippen molar-refractivity contribution in [1.82, 2.24) is 5.32 Å². The molecule has 1 aliphatic heterocycles. The Kier molecular flexibility index (Phi) is 2.63. The monoisotopic (exact) mass is 236 g/mol. The molecule has 0 saturated carbocycles. The van der Waals surface area contributed by atoms with E-state index in [2.05, 4.69) is 10.3 Å². The molecule has 88 valence electrons. The van der Waals surface area contributed by atoms with E-state index in [0.29, 0.717) is 0 Å². The molecule has 1 heterocycles. The molecule has 1 N–H and O–H groups in total. The molecule has 1 aromatic carbocycles. The number of amides is 2. The number of hydrogen-bond acceptors (Lipinski definition) is 3. The van der Waals surface area contributed by atoms with Crippen molar-refractivity contribution in [2.24, 2.45) is 4.99 Å². The summed E-state index contributed by atoms with van der Waals surface area (Å²) >= 11 is 0. The van der Waals surface area contributed by atoms with Crippen molar-refractivity contribution in [1.29, 1.82) is 0 Å². The highest BCUT2D eigenvalue weighted by Crippen LogP contribution is 2.11. The van der Waals surface area contributed by atoms with Crippen LogP contribution in [0, 0.1) is 5.82 Å². The molecule has 0 spiro atoms. The summed E-state index contributed by atoms with van der Waals surface area (Å²) in [5.74, 6) is -1.61. The molecule has 0 fully saturated rings. The number of rotatable bonds is 2. The molecule has 2 rings (SSSR count). The van der Waals surface area contributed by atoms with Gasteiger partial charge >= 0.3 is 0 Å². The van der Waals surface area contributed by atoms with Crippen LogP contribution in [0.1, 0.15) is 6.92 Å². The molecule has 6 heteroatoms. The van der Waals surface area contributed by atoms with E-state index < -0.39 is 17.6 Å². The topological polar surface area (TPSA) is 67.8 Å². The van der Waals surface area contributed by atoms with Crippen molar-refractivity contribution in [2.75, 3.05) is 7.11 Å². The normalized spacial score (nSPS) is 13.1. The fourth-order valence-electron chi connectivity index (χ4n) is 1.57. The third kappa shape index (κ3) is 1.89. The fourth-order valence-corrected chi connectivity index (χ4v) is 1.57. The molecule has 0 aromatic heterocycles. The Hall–Kier alpha value is -2.24. The Morgan fingerprint density at radius 3 is 2.76 bits per heavy atom. The lowest BCUT2D eigenvalue weighted by Gasteiger charge is -2.01. The quantitative estimate of drug-likeness (QED) is 0.733. The Morgan fingerprint density at radius 2 is 2.18 bits per heavy atom. The van der Waals surface area contributed by atoms with Gasteiger partial charge < -0.3 is 10.1 Å². The van der Waals surface area contributed by atoms with Crippen molar-refractivity contribution < 1.29 is 18.7 Å². The Balaban J connectivity index is 2.70. The molecule has 0 saturated heterocycles. The minimum absolute atomic E-state index is 0.00405. The van der Waals surface area contributed by atoms with E-state index in [0.717, 1.165) is 6.07 Å². The van der Waals surface area contributed by atoms with Gasteiger partial charge in [-0.3, -0.25) is 9.59 Å². The summed E-state index contributed by atoms with van der Waals surface area (Å²) in [6, 6.07) is 2.44. The number of carbonyl (C=O) groups is 2. The summed E-state index contributed by atoms with van der Waals surface area (Å²) < 4.78 is 18.3. The lowest BCUT2D eigenvalue weighted by Crippen LogP contribution is -2.31. The first-order valence-electron chi connectivity index (χ1n) is 4.81. The van der Waals surface area contributed by atoms with Crippen LogP contribution in [0.4, 0.5) is 4.39 Å². The number of nitrogens with zero attached hydrogens (tertiary/aromatic N) is 1. The van der Waals surface area contributed by atoms with Gasteiger partial charge in [0, 0.05) is 18.2 Å². The molecule has 0 bridgehead atoms. The minimum Gasteiger partial charge on any atom is -0.494 e. The molecular formula is C11H9FN2O3. The van der Waals surface area contributed by atoms with Gasteiger partial charge in [-0.15, -0.1) is 0 Å². The number of nitrogens with one attached hydrogen (secondary N) is 1. The van der Waals surface area contributed by atoms with E-state index in [1.165, 1.54) is 20.1 Å². The largest absolute Gasteiger partial charge is 0.494 e. The lowest BCUT2D eigenvalue weighted by molar-refractivity contribution is -0.119. The summed E-state index contributed by atoms with van der Waals surface area (Å²) in [6.07, 6.45) is 0. The van der Waals surface area contributed by atoms with Gasteiger partial charge in [0.2, 0.25) is 5.91 Å². The van der Waals surface area contributed by atoms with Gasteiger partial charge in [0.05, 0.1) is 12.5 Å². The van der Waals surface area contributed by atoms with Crippen molar-refractivity contribution in [3.05, 3.63) is 28.5 Å². The number of fused-ring (bicyclic) bond motifs is 1. The number of hydrogen-bond donors (Lipinski definition) is 1. The third-order valence-electron chi connectivity index (χ3n) is 2.28. The average molecular weight is 236 g/mol. The highest BCUT2D eigenvalue weighted by molar-refractivity contribution is 6.17. The maximum Gasteiger partial charge on any atom is 0.294 e. The molecule has 0 unspecified atom stereocenters. The predicted octanol–water partition coefficient (Wildman–Crippen LogP) is -0.762. The second-order valence-electron chi connectivity index (χ2n) is 3.48. The fraction of sp³-hybridized carbons (Fsp3) is 0.182. The highest BCUT2D eigenvalue weighted by atomic mass is 19.1. The van der Waals surface area contributed by atoms with Gasteiger partial charge in [0.1, 0.15) is 5.70 Å². The van der Waals surface area contributed by atoms with Gasteiger partial charge in [-0.2, -0.15) is 0 Å². The Morgan fingerprint density at radius 1 is 1.47 bits per heavy atom. The van der Waals surface area contributed by atoms with Crippen LogP contribution in [0.15, 0.2) is 17.1 Å². The van der Waals surface area contributed by atoms with Crippen molar-refractivity contribution >= 4 is 17.5 Å². The maximum atomic E-state index is 13.5. The van der Waals surface area contributed by atoms with E-state index in [-0.39, 0.29) is 22.0 Å². The molecule has 2 amide bonds. The van der Waals surface area contributed by atoms with E-state index in [1.807, 2.05) is 0 Å². The predicted molar refractivity (Wildman–Crippen MR) is 56.0 cm³/mol. The van der Waals surface area contributed by atoms with Crippen LogP contribution in [0.3, 0.4) is 0 Å². The standard InChI is InChI=1S/C11H9FN2O3/c1-5(15)13-10-6-3-7(12)9(17-2)4-8(6)14-11(10)16/h3-4H,1-2H3,(H,13,14,15,16). The number of ether oxygens (including phenoxy) is 1. The second kappa shape index (κ2) is 3.97. The highest BCUT2D eigenvalue weighted by Gasteiger charge is 2.19. The van der Waals surface area contributed by atoms with E-state index >= 15 is 0 Å². The van der Waals surface area contributed by atoms with Crippen LogP contribution in [0.5, 0.6) is 5.75 Å². The van der Waals surface area contributed by atoms with E-state index in [9.17, 15) is 14.0 Å². The maximum absolute atomic E-state index is 13.5. The molecule has 1 aromatic rings. The molecule has 0 aliphatic carbocycles. The van der Waals surface area contributed by atoms with Crippen LogP contribution >= 0.6 is 0 Å². The van der Waals surface area contributed by atoms with E-state index in [1.54, 1.807) is 0 Å².